The molecule has 2 amide bonds. The predicted molar refractivity (Wildman–Crippen MR) is 124 cm³/mol. The van der Waals surface area contributed by atoms with Gasteiger partial charge in [0.1, 0.15) is 0 Å². The van der Waals surface area contributed by atoms with Crippen LogP contribution >= 0.6 is 0 Å². The lowest BCUT2D eigenvalue weighted by atomic mass is 10.1. The number of carbonyl (C=O) groups is 3. The third-order valence-corrected chi connectivity index (χ3v) is 5.71. The number of hydrogen-bond acceptors (Lipinski definition) is 7. The van der Waals surface area contributed by atoms with Crippen LogP contribution in [0.4, 0.5) is 5.69 Å². The van der Waals surface area contributed by atoms with Crippen molar-refractivity contribution in [1.82, 2.24) is 4.90 Å². The minimum atomic E-state index is -0.432. The van der Waals surface area contributed by atoms with Crippen LogP contribution in [0.15, 0.2) is 30.3 Å². The van der Waals surface area contributed by atoms with Gasteiger partial charge in [-0.1, -0.05) is 0 Å². The zero-order chi connectivity index (χ0) is 24.1. The van der Waals surface area contributed by atoms with E-state index in [0.717, 1.165) is 32.4 Å². The van der Waals surface area contributed by atoms with Crippen molar-refractivity contribution < 1.29 is 33.3 Å². The molecule has 2 aliphatic rings. The van der Waals surface area contributed by atoms with Crippen LogP contribution in [0, 0.1) is 0 Å². The second-order valence-electron chi connectivity index (χ2n) is 8.09. The van der Waals surface area contributed by atoms with Gasteiger partial charge in [0, 0.05) is 30.3 Å². The van der Waals surface area contributed by atoms with Gasteiger partial charge in [-0.15, -0.1) is 0 Å². The molecule has 0 unspecified atom stereocenters. The quantitative estimate of drug-likeness (QED) is 0.590. The Morgan fingerprint density at radius 2 is 1.71 bits per heavy atom. The number of ketones is 1. The van der Waals surface area contributed by atoms with Crippen LogP contribution in [0.5, 0.6) is 23.0 Å². The first-order valence-electron chi connectivity index (χ1n) is 11.4. The summed E-state index contributed by atoms with van der Waals surface area (Å²) in [5, 5.41) is 2.77. The van der Waals surface area contributed by atoms with E-state index < -0.39 is 5.91 Å². The number of likely N-dealkylation sites (tertiary alicyclic amines) is 1. The second kappa shape index (κ2) is 10.5. The topological polar surface area (TPSA) is 103 Å². The molecule has 4 rings (SSSR count). The van der Waals surface area contributed by atoms with Crippen LogP contribution in [0.1, 0.15) is 53.8 Å². The van der Waals surface area contributed by atoms with Gasteiger partial charge in [-0.3, -0.25) is 14.4 Å². The Morgan fingerprint density at radius 3 is 2.41 bits per heavy atom. The molecule has 1 fully saturated rings. The molecule has 0 saturated carbocycles. The van der Waals surface area contributed by atoms with E-state index in [-0.39, 0.29) is 25.1 Å². The third kappa shape index (κ3) is 5.24. The molecule has 0 aliphatic carbocycles. The van der Waals surface area contributed by atoms with Crippen molar-refractivity contribution in [2.24, 2.45) is 0 Å². The average molecular weight is 469 g/mol. The van der Waals surface area contributed by atoms with Gasteiger partial charge in [0.25, 0.3) is 11.8 Å². The first-order valence-corrected chi connectivity index (χ1v) is 11.4. The fourth-order valence-electron chi connectivity index (χ4n) is 3.94. The first-order chi connectivity index (χ1) is 16.5. The molecule has 0 spiro atoms. The number of benzene rings is 2. The third-order valence-electron chi connectivity index (χ3n) is 5.71. The lowest BCUT2D eigenvalue weighted by Gasteiger charge is -2.26. The second-order valence-corrected chi connectivity index (χ2v) is 8.09. The van der Waals surface area contributed by atoms with E-state index in [0.29, 0.717) is 46.4 Å². The summed E-state index contributed by atoms with van der Waals surface area (Å²) in [7, 11) is 0. The molecule has 9 nitrogen and oxygen atoms in total. The molecule has 34 heavy (non-hydrogen) atoms. The monoisotopic (exact) mass is 468 g/mol. The van der Waals surface area contributed by atoms with Crippen molar-refractivity contribution in [3.8, 4) is 23.0 Å². The number of fused-ring (bicyclic) bond motifs is 1. The maximum Gasteiger partial charge on any atom is 0.260 e. The van der Waals surface area contributed by atoms with Crippen LogP contribution < -0.4 is 24.3 Å². The fourth-order valence-corrected chi connectivity index (χ4v) is 3.94. The Labute approximate surface area is 197 Å². The highest BCUT2D eigenvalue weighted by molar-refractivity contribution is 6.09. The van der Waals surface area contributed by atoms with Gasteiger partial charge >= 0.3 is 0 Å². The van der Waals surface area contributed by atoms with Crippen molar-refractivity contribution in [3.63, 3.8) is 0 Å². The summed E-state index contributed by atoms with van der Waals surface area (Å²) < 4.78 is 22.1. The van der Waals surface area contributed by atoms with Crippen molar-refractivity contribution >= 4 is 23.3 Å². The SMILES string of the molecule is CCOc1cc(C(=O)Nc2cc3c(cc2C(C)=O)OCO3)ccc1OCC(=O)N1CCCCC1. The van der Waals surface area contributed by atoms with Crippen molar-refractivity contribution in [1.29, 1.82) is 0 Å². The number of piperidine rings is 1. The van der Waals surface area contributed by atoms with Crippen LogP contribution in [0.2, 0.25) is 0 Å². The standard InChI is InChI=1S/C25H28N2O7/c1-3-31-21-11-17(7-8-20(21)32-14-24(29)27-9-5-4-6-10-27)25(30)26-19-13-23-22(33-15-34-23)12-18(19)16(2)28/h7-8,11-13H,3-6,9-10,14-15H2,1-2H3,(H,26,30). The van der Waals surface area contributed by atoms with Crippen molar-refractivity contribution in [2.45, 2.75) is 33.1 Å². The predicted octanol–water partition coefficient (Wildman–Crippen LogP) is 3.66. The normalized spacial score (nSPS) is 14.5. The summed E-state index contributed by atoms with van der Waals surface area (Å²) >= 11 is 0. The summed E-state index contributed by atoms with van der Waals surface area (Å²) in [6.07, 6.45) is 3.16. The highest BCUT2D eigenvalue weighted by Gasteiger charge is 2.22. The first kappa shape index (κ1) is 23.4. The Kier molecular flexibility index (Phi) is 7.20. The number of carbonyl (C=O) groups excluding carboxylic acids is 3. The number of rotatable bonds is 8. The largest absolute Gasteiger partial charge is 0.490 e. The maximum absolute atomic E-state index is 13.0. The summed E-state index contributed by atoms with van der Waals surface area (Å²) in [5.74, 6) is 0.947. The lowest BCUT2D eigenvalue weighted by molar-refractivity contribution is -0.134. The van der Waals surface area contributed by atoms with E-state index in [9.17, 15) is 14.4 Å². The number of Topliss-reactive ketones (excluding diaryl/α,β-unsaturated/α-hetero) is 1. The van der Waals surface area contributed by atoms with E-state index in [1.165, 1.54) is 6.92 Å². The Hall–Kier alpha value is -3.75. The molecule has 1 saturated heterocycles. The van der Waals surface area contributed by atoms with Gasteiger partial charge in [0.2, 0.25) is 6.79 Å². The fraction of sp³-hybridized carbons (Fsp3) is 0.400. The molecule has 180 valence electrons. The van der Waals surface area contributed by atoms with E-state index >= 15 is 0 Å². The molecule has 0 radical (unpaired) electrons. The van der Waals surface area contributed by atoms with E-state index in [2.05, 4.69) is 5.32 Å². The number of ether oxygens (including phenoxy) is 4. The Balaban J connectivity index is 1.49. The van der Waals surface area contributed by atoms with Crippen LogP contribution in [-0.2, 0) is 4.79 Å². The highest BCUT2D eigenvalue weighted by atomic mass is 16.7. The van der Waals surface area contributed by atoms with Crippen LogP contribution in [0.25, 0.3) is 0 Å². The van der Waals surface area contributed by atoms with E-state index in [1.807, 2.05) is 11.8 Å². The lowest BCUT2D eigenvalue weighted by Crippen LogP contribution is -2.38. The molecular formula is C25H28N2O7. The number of nitrogens with zero attached hydrogens (tertiary/aromatic N) is 1. The van der Waals surface area contributed by atoms with Crippen molar-refractivity contribution in [2.75, 3.05) is 38.4 Å². The van der Waals surface area contributed by atoms with Gasteiger partial charge in [-0.2, -0.15) is 0 Å². The summed E-state index contributed by atoms with van der Waals surface area (Å²) in [5.41, 5.74) is 0.955. The number of hydrogen-bond donors (Lipinski definition) is 1. The molecule has 0 aromatic heterocycles. The molecule has 2 aromatic rings. The maximum atomic E-state index is 13.0. The molecule has 2 heterocycles. The Morgan fingerprint density at radius 1 is 0.971 bits per heavy atom. The van der Waals surface area contributed by atoms with Gasteiger partial charge in [0.05, 0.1) is 12.3 Å². The van der Waals surface area contributed by atoms with E-state index in [1.54, 1.807) is 30.3 Å². The zero-order valence-corrected chi connectivity index (χ0v) is 19.3. The number of amides is 2. The minimum absolute atomic E-state index is 0.0590. The summed E-state index contributed by atoms with van der Waals surface area (Å²) in [4.78, 5) is 39.3. The molecule has 0 bridgehead atoms. The van der Waals surface area contributed by atoms with Gasteiger partial charge in [-0.25, -0.2) is 0 Å². The molecule has 2 aliphatic heterocycles. The smallest absolute Gasteiger partial charge is 0.260 e. The molecule has 1 N–H and O–H groups in total. The van der Waals surface area contributed by atoms with Gasteiger partial charge < -0.3 is 29.2 Å². The molecule has 0 atom stereocenters. The molecule has 9 heteroatoms. The summed E-state index contributed by atoms with van der Waals surface area (Å²) in [6.45, 7) is 5.06. The van der Waals surface area contributed by atoms with Gasteiger partial charge in [-0.05, 0) is 57.4 Å². The zero-order valence-electron chi connectivity index (χ0n) is 19.3. The Bertz CT molecular complexity index is 1090. The molecular weight excluding hydrogens is 440 g/mol. The minimum Gasteiger partial charge on any atom is -0.490 e. The van der Waals surface area contributed by atoms with E-state index in [4.69, 9.17) is 18.9 Å². The highest BCUT2D eigenvalue weighted by Crippen LogP contribution is 2.37. The number of nitrogens with one attached hydrogen (secondary N) is 1. The average Bonchev–Trinajstić information content (AvgIpc) is 3.30. The van der Waals surface area contributed by atoms with Crippen LogP contribution in [0.3, 0.4) is 0 Å². The summed E-state index contributed by atoms with van der Waals surface area (Å²) in [6, 6.07) is 7.88. The molecule has 2 aromatic carbocycles. The number of anilines is 1. The van der Waals surface area contributed by atoms with Gasteiger partial charge in [0.15, 0.2) is 35.4 Å². The van der Waals surface area contributed by atoms with Crippen LogP contribution in [-0.4, -0.2) is 55.6 Å². The van der Waals surface area contributed by atoms with Crippen molar-refractivity contribution in [3.05, 3.63) is 41.5 Å².